The van der Waals surface area contributed by atoms with Gasteiger partial charge in [0.05, 0.1) is 0 Å². The fourth-order valence-corrected chi connectivity index (χ4v) is 8.46. The van der Waals surface area contributed by atoms with E-state index in [1.54, 1.807) is 0 Å². The van der Waals surface area contributed by atoms with E-state index >= 15 is 0 Å². The predicted molar refractivity (Wildman–Crippen MR) is 219 cm³/mol. The van der Waals surface area contributed by atoms with E-state index in [1.807, 2.05) is 36.4 Å². The normalized spacial score (nSPS) is 18.4. The number of nitrogens with zero attached hydrogens (tertiary/aromatic N) is 3. The van der Waals surface area contributed by atoms with E-state index in [0.717, 1.165) is 33.2 Å². The fraction of sp³-hybridized carbons (Fsp3) is 0.0600. The molecule has 1 aromatic heterocycles. The Bertz CT molecular complexity index is 2790. The summed E-state index contributed by atoms with van der Waals surface area (Å²) in [6, 6.07) is 51.1. The number of allylic oxidation sites excluding steroid dienone is 8. The Labute approximate surface area is 309 Å². The molecule has 0 radical (unpaired) electrons. The quantitative estimate of drug-likeness (QED) is 0.182. The zero-order chi connectivity index (χ0) is 35.4. The highest BCUT2D eigenvalue weighted by Gasteiger charge is 2.40. The minimum atomic E-state index is -0.192. The van der Waals surface area contributed by atoms with Gasteiger partial charge in [-0.3, -0.25) is 0 Å². The zero-order valence-corrected chi connectivity index (χ0v) is 29.3. The fourth-order valence-electron chi connectivity index (χ4n) is 8.46. The first-order valence-electron chi connectivity index (χ1n) is 18.2. The van der Waals surface area contributed by atoms with Crippen LogP contribution in [0.2, 0.25) is 0 Å². The smallest absolute Gasteiger partial charge is 0.164 e. The Morgan fingerprint density at radius 2 is 1.15 bits per heavy atom. The molecule has 10 rings (SSSR count). The Morgan fingerprint density at radius 3 is 1.92 bits per heavy atom. The van der Waals surface area contributed by atoms with Crippen LogP contribution in [0.25, 0.3) is 72.8 Å². The predicted octanol–water partition coefficient (Wildman–Crippen LogP) is 10.4. The van der Waals surface area contributed by atoms with Gasteiger partial charge in [-0.25, -0.2) is 15.0 Å². The third-order valence-corrected chi connectivity index (χ3v) is 11.0. The molecule has 7 aromatic rings. The summed E-state index contributed by atoms with van der Waals surface area (Å²) in [5.74, 6) is 2.20. The van der Waals surface area contributed by atoms with E-state index < -0.39 is 0 Å². The molecule has 3 nitrogen and oxygen atoms in total. The van der Waals surface area contributed by atoms with Crippen LogP contribution in [0.5, 0.6) is 0 Å². The summed E-state index contributed by atoms with van der Waals surface area (Å²) in [6.45, 7) is 2.40. The minimum Gasteiger partial charge on any atom is -0.208 e. The Morgan fingerprint density at radius 1 is 0.509 bits per heavy atom. The average Bonchev–Trinajstić information content (AvgIpc) is 3.23. The average molecular weight is 678 g/mol. The molecule has 3 aliphatic carbocycles. The molecule has 0 saturated carbocycles. The molecule has 0 spiro atoms. The zero-order valence-electron chi connectivity index (χ0n) is 29.3. The van der Waals surface area contributed by atoms with Crippen LogP contribution in [-0.2, 0) is 0 Å². The maximum Gasteiger partial charge on any atom is 0.164 e. The van der Waals surface area contributed by atoms with Crippen molar-refractivity contribution in [2.24, 2.45) is 11.3 Å². The largest absolute Gasteiger partial charge is 0.208 e. The molecule has 250 valence electrons. The van der Waals surface area contributed by atoms with E-state index in [0.29, 0.717) is 17.5 Å². The van der Waals surface area contributed by atoms with E-state index in [1.165, 1.54) is 38.1 Å². The molecular weight excluding hydrogens is 643 g/mol. The molecule has 2 unspecified atom stereocenters. The van der Waals surface area contributed by atoms with Gasteiger partial charge in [-0.2, -0.15) is 0 Å². The first kappa shape index (κ1) is 31.1. The maximum absolute atomic E-state index is 5.15. The van der Waals surface area contributed by atoms with Gasteiger partial charge < -0.3 is 0 Å². The van der Waals surface area contributed by atoms with E-state index in [-0.39, 0.29) is 11.3 Å². The topological polar surface area (TPSA) is 38.7 Å². The van der Waals surface area contributed by atoms with Crippen molar-refractivity contribution in [3.8, 4) is 45.3 Å². The van der Waals surface area contributed by atoms with Crippen LogP contribution in [0.3, 0.4) is 0 Å². The van der Waals surface area contributed by atoms with Crippen molar-refractivity contribution in [1.82, 2.24) is 15.0 Å². The van der Waals surface area contributed by atoms with Crippen molar-refractivity contribution in [1.29, 1.82) is 0 Å². The van der Waals surface area contributed by atoms with Crippen molar-refractivity contribution < 1.29 is 0 Å². The first-order valence-corrected chi connectivity index (χ1v) is 18.2. The number of fused-ring (bicyclic) bond motifs is 5. The van der Waals surface area contributed by atoms with Gasteiger partial charge in [-0.05, 0) is 61.2 Å². The number of rotatable bonds is 5. The van der Waals surface area contributed by atoms with E-state index in [4.69, 9.17) is 15.0 Å². The van der Waals surface area contributed by atoms with Gasteiger partial charge in [0.25, 0.3) is 0 Å². The van der Waals surface area contributed by atoms with Crippen molar-refractivity contribution in [2.75, 3.05) is 0 Å². The third kappa shape index (κ3) is 5.24. The number of benzene rings is 6. The molecule has 2 atom stereocenters. The summed E-state index contributed by atoms with van der Waals surface area (Å²) in [4.78, 5) is 15.3. The van der Waals surface area contributed by atoms with Gasteiger partial charge in [0.1, 0.15) is 0 Å². The Kier molecular flexibility index (Phi) is 7.33. The summed E-state index contributed by atoms with van der Waals surface area (Å²) >= 11 is 0. The lowest BCUT2D eigenvalue weighted by molar-refractivity contribution is 0.485. The molecule has 3 aliphatic rings. The highest BCUT2D eigenvalue weighted by Crippen LogP contribution is 2.50. The summed E-state index contributed by atoms with van der Waals surface area (Å²) in [7, 11) is 0. The van der Waals surface area contributed by atoms with Gasteiger partial charge in [0.2, 0.25) is 0 Å². The van der Waals surface area contributed by atoms with Gasteiger partial charge >= 0.3 is 0 Å². The second-order valence-corrected chi connectivity index (χ2v) is 14.2. The Balaban J connectivity index is 1.15. The molecule has 3 heteroatoms. The van der Waals surface area contributed by atoms with Gasteiger partial charge in [0, 0.05) is 33.6 Å². The molecule has 53 heavy (non-hydrogen) atoms. The lowest BCUT2D eigenvalue weighted by Gasteiger charge is -2.42. The Hall–Kier alpha value is -6.71. The van der Waals surface area contributed by atoms with Crippen molar-refractivity contribution in [2.45, 2.75) is 6.92 Å². The summed E-state index contributed by atoms with van der Waals surface area (Å²) < 4.78 is 0. The highest BCUT2D eigenvalue weighted by molar-refractivity contribution is 6.04. The SMILES string of the molecule is CC12C=C(c3cccc(-c4c(-c5nc(-c6ccccc6)nc(-c6ccccc6)n5)ccc5ccccc45)c3)C=CC1=c1ccccc1=C1C=CC=CC12. The third-order valence-electron chi connectivity index (χ3n) is 11.0. The minimum absolute atomic E-state index is 0.192. The lowest BCUT2D eigenvalue weighted by Crippen LogP contribution is -2.44. The van der Waals surface area contributed by atoms with Gasteiger partial charge in [-0.15, -0.1) is 0 Å². The summed E-state index contributed by atoms with van der Waals surface area (Å²) in [5.41, 5.74) is 10.1. The summed E-state index contributed by atoms with van der Waals surface area (Å²) in [5, 5.41) is 4.98. The monoisotopic (exact) mass is 677 g/mol. The molecule has 0 bridgehead atoms. The van der Waals surface area contributed by atoms with Crippen molar-refractivity contribution >= 4 is 27.5 Å². The number of hydrogen-bond acceptors (Lipinski definition) is 3. The van der Waals surface area contributed by atoms with Crippen LogP contribution in [0.1, 0.15) is 12.5 Å². The second kappa shape index (κ2) is 12.5. The van der Waals surface area contributed by atoms with Crippen LogP contribution in [0.4, 0.5) is 0 Å². The van der Waals surface area contributed by atoms with Crippen molar-refractivity contribution in [3.63, 3.8) is 0 Å². The lowest BCUT2D eigenvalue weighted by atomic mass is 9.61. The second-order valence-electron chi connectivity index (χ2n) is 14.2. The molecule has 6 aromatic carbocycles. The molecular formula is C50H35N3. The molecule has 1 heterocycles. The van der Waals surface area contributed by atoms with E-state index in [2.05, 4.69) is 159 Å². The van der Waals surface area contributed by atoms with Crippen LogP contribution in [-0.4, -0.2) is 15.0 Å². The number of aromatic nitrogens is 3. The highest BCUT2D eigenvalue weighted by atomic mass is 15.0. The summed E-state index contributed by atoms with van der Waals surface area (Å²) in [6.07, 6.45) is 16.2. The molecule has 0 N–H and O–H groups in total. The standard InChI is InChI=1S/C50H35N3/c1-50-32-38(28-30-45(50)42-24-11-10-23-40(42)41-25-12-13-26-44(41)50)36-20-14-21-37(31-36)46-39-22-9-8-15-33(39)27-29-43(46)49-52-47(34-16-4-2-5-17-34)51-48(53-49)35-18-6-3-7-19-35/h2-32,44H,1H3. The van der Waals surface area contributed by atoms with Crippen LogP contribution < -0.4 is 10.4 Å². The van der Waals surface area contributed by atoms with Crippen molar-refractivity contribution in [3.05, 3.63) is 204 Å². The maximum atomic E-state index is 5.15. The molecule has 0 amide bonds. The van der Waals surface area contributed by atoms with E-state index in [9.17, 15) is 0 Å². The van der Waals surface area contributed by atoms with Crippen LogP contribution >= 0.6 is 0 Å². The molecule has 0 saturated heterocycles. The van der Waals surface area contributed by atoms with Gasteiger partial charge in [-0.1, -0.05) is 183 Å². The molecule has 0 aliphatic heterocycles. The van der Waals surface area contributed by atoms with Crippen LogP contribution in [0, 0.1) is 11.3 Å². The van der Waals surface area contributed by atoms with Crippen LogP contribution in [0.15, 0.2) is 188 Å². The number of hydrogen-bond donors (Lipinski definition) is 0. The molecule has 0 fully saturated rings. The first-order chi connectivity index (χ1) is 26.1. The van der Waals surface area contributed by atoms with Gasteiger partial charge in [0.15, 0.2) is 17.5 Å².